The molecule has 2 saturated heterocycles. The number of carbonyl (C=O) groups excluding carboxylic acids is 1. The number of alkyl halides is 3. The average molecular weight is 394 g/mol. The fourth-order valence-corrected chi connectivity index (χ4v) is 4.08. The van der Waals surface area contributed by atoms with Crippen molar-refractivity contribution in [3.63, 3.8) is 0 Å². The molecule has 0 radical (unpaired) electrons. The van der Waals surface area contributed by atoms with E-state index in [2.05, 4.69) is 10.00 Å². The average Bonchev–Trinajstić information content (AvgIpc) is 3.36. The van der Waals surface area contributed by atoms with Crippen LogP contribution >= 0.6 is 0 Å². The molecule has 1 aromatic heterocycles. The molecule has 28 heavy (non-hydrogen) atoms. The number of hydrogen-bond acceptors (Lipinski definition) is 4. The lowest BCUT2D eigenvalue weighted by atomic mass is 10.0. The van der Waals surface area contributed by atoms with E-state index in [1.165, 1.54) is 5.56 Å². The summed E-state index contributed by atoms with van der Waals surface area (Å²) in [6.45, 7) is 3.66. The van der Waals surface area contributed by atoms with Gasteiger partial charge >= 0.3 is 12.2 Å². The van der Waals surface area contributed by atoms with E-state index in [0.29, 0.717) is 31.1 Å². The molecular weight excluding hydrogens is 373 g/mol. The minimum absolute atomic E-state index is 0.333. The van der Waals surface area contributed by atoms with Gasteiger partial charge in [0.1, 0.15) is 5.75 Å². The Balaban J connectivity index is 1.33. The van der Waals surface area contributed by atoms with Crippen LogP contribution in [0.25, 0.3) is 0 Å². The van der Waals surface area contributed by atoms with Gasteiger partial charge in [-0.15, -0.1) is 0 Å². The summed E-state index contributed by atoms with van der Waals surface area (Å²) in [5, 5.41) is 3.59. The minimum atomic E-state index is -4.50. The first-order valence-electron chi connectivity index (χ1n) is 9.10. The number of halogens is 3. The first-order chi connectivity index (χ1) is 13.3. The van der Waals surface area contributed by atoms with Crippen molar-refractivity contribution in [2.45, 2.75) is 12.7 Å². The number of ether oxygens (including phenoxy) is 1. The molecule has 1 aromatic carbocycles. The van der Waals surface area contributed by atoms with Gasteiger partial charge in [0.05, 0.1) is 18.9 Å². The van der Waals surface area contributed by atoms with E-state index in [0.717, 1.165) is 36.3 Å². The molecule has 2 atom stereocenters. The zero-order valence-electron chi connectivity index (χ0n) is 15.4. The molecule has 4 rings (SSSR count). The van der Waals surface area contributed by atoms with Crippen LogP contribution in [0.4, 0.5) is 18.0 Å². The quantitative estimate of drug-likeness (QED) is 0.803. The van der Waals surface area contributed by atoms with E-state index < -0.39 is 17.8 Å². The zero-order chi connectivity index (χ0) is 19.9. The van der Waals surface area contributed by atoms with E-state index in [4.69, 9.17) is 4.74 Å². The van der Waals surface area contributed by atoms with Crippen LogP contribution < -0.4 is 4.74 Å². The Morgan fingerprint density at radius 3 is 2.32 bits per heavy atom. The molecule has 2 fully saturated rings. The predicted molar refractivity (Wildman–Crippen MR) is 94.8 cm³/mol. The van der Waals surface area contributed by atoms with Gasteiger partial charge in [-0.1, -0.05) is 12.1 Å². The molecule has 0 aliphatic carbocycles. The number of benzene rings is 1. The number of fused-ring (bicyclic) bond motifs is 1. The summed E-state index contributed by atoms with van der Waals surface area (Å²) in [7, 11) is 1.64. The van der Waals surface area contributed by atoms with E-state index in [1.54, 1.807) is 12.0 Å². The highest BCUT2D eigenvalue weighted by Crippen LogP contribution is 2.33. The largest absolute Gasteiger partial charge is 0.497 e. The van der Waals surface area contributed by atoms with Crippen molar-refractivity contribution < 1.29 is 22.7 Å². The highest BCUT2D eigenvalue weighted by molar-refractivity contribution is 5.76. The lowest BCUT2D eigenvalue weighted by molar-refractivity contribution is -0.137. The number of aromatic nitrogens is 2. The number of amides is 1. The third-order valence-corrected chi connectivity index (χ3v) is 5.50. The van der Waals surface area contributed by atoms with Gasteiger partial charge in [0, 0.05) is 38.9 Å². The van der Waals surface area contributed by atoms with Crippen molar-refractivity contribution >= 4 is 6.03 Å². The smallest absolute Gasteiger partial charge is 0.419 e. The molecule has 0 N–H and O–H groups in total. The Bertz CT molecular complexity index is 836. The third kappa shape index (κ3) is 3.71. The summed E-state index contributed by atoms with van der Waals surface area (Å²) >= 11 is 0. The van der Waals surface area contributed by atoms with Gasteiger partial charge in [-0.2, -0.15) is 23.0 Å². The zero-order valence-corrected chi connectivity index (χ0v) is 15.4. The second kappa shape index (κ2) is 7.12. The molecule has 3 heterocycles. The maximum Gasteiger partial charge on any atom is 0.419 e. The van der Waals surface area contributed by atoms with Crippen LogP contribution in [0.15, 0.2) is 36.7 Å². The maximum absolute atomic E-state index is 12.7. The highest BCUT2D eigenvalue weighted by Gasteiger charge is 2.42. The van der Waals surface area contributed by atoms with Crippen molar-refractivity contribution in [1.82, 2.24) is 19.6 Å². The monoisotopic (exact) mass is 394 g/mol. The van der Waals surface area contributed by atoms with Crippen LogP contribution in [0, 0.1) is 11.8 Å². The Kier molecular flexibility index (Phi) is 4.78. The summed E-state index contributed by atoms with van der Waals surface area (Å²) in [6, 6.07) is 7.46. The van der Waals surface area contributed by atoms with Gasteiger partial charge in [-0.3, -0.25) is 4.90 Å². The lowest BCUT2D eigenvalue weighted by Gasteiger charge is -2.21. The Morgan fingerprint density at radius 2 is 1.79 bits per heavy atom. The van der Waals surface area contributed by atoms with Gasteiger partial charge in [-0.05, 0) is 29.5 Å². The summed E-state index contributed by atoms with van der Waals surface area (Å²) < 4.78 is 44.1. The normalized spacial score (nSPS) is 22.5. The summed E-state index contributed by atoms with van der Waals surface area (Å²) in [6.07, 6.45) is -3.06. The molecule has 0 spiro atoms. The standard InChI is InChI=1S/C19H21F3N4O2/c1-28-17-4-2-13(3-5-17)7-24-8-14-10-25(11-15(14)9-24)18(27)26-12-16(6-23-26)19(20,21)22/h2-6,12,14-15H,7-11H2,1H3. The Labute approximate surface area is 160 Å². The maximum atomic E-state index is 12.7. The highest BCUT2D eigenvalue weighted by atomic mass is 19.4. The fraction of sp³-hybridized carbons (Fsp3) is 0.474. The van der Waals surface area contributed by atoms with Gasteiger partial charge < -0.3 is 9.64 Å². The van der Waals surface area contributed by atoms with Crippen LogP contribution in [0.3, 0.4) is 0 Å². The van der Waals surface area contributed by atoms with Crippen LogP contribution in [0.5, 0.6) is 5.75 Å². The molecule has 0 saturated carbocycles. The van der Waals surface area contributed by atoms with Gasteiger partial charge in [0.2, 0.25) is 0 Å². The van der Waals surface area contributed by atoms with Gasteiger partial charge in [-0.25, -0.2) is 4.79 Å². The molecule has 2 aliphatic heterocycles. The number of hydrogen-bond donors (Lipinski definition) is 0. The number of likely N-dealkylation sites (tertiary alicyclic amines) is 2. The first-order valence-corrected chi connectivity index (χ1v) is 9.10. The lowest BCUT2D eigenvalue weighted by Crippen LogP contribution is -2.36. The van der Waals surface area contributed by atoms with E-state index in [1.807, 2.05) is 24.3 Å². The van der Waals surface area contributed by atoms with Crippen LogP contribution in [-0.2, 0) is 12.7 Å². The summed E-state index contributed by atoms with van der Waals surface area (Å²) in [5.74, 6) is 1.49. The molecule has 150 valence electrons. The second-order valence-electron chi connectivity index (χ2n) is 7.42. The number of nitrogens with zero attached hydrogens (tertiary/aromatic N) is 4. The number of carbonyl (C=O) groups is 1. The van der Waals surface area contributed by atoms with E-state index >= 15 is 0 Å². The predicted octanol–water partition coefficient (Wildman–Crippen LogP) is 2.94. The molecule has 2 unspecified atom stereocenters. The summed E-state index contributed by atoms with van der Waals surface area (Å²) in [4.78, 5) is 16.4. The van der Waals surface area contributed by atoms with E-state index in [-0.39, 0.29) is 0 Å². The number of rotatable bonds is 3. The van der Waals surface area contributed by atoms with Crippen molar-refractivity contribution in [2.24, 2.45) is 11.8 Å². The summed E-state index contributed by atoms with van der Waals surface area (Å²) in [5.41, 5.74) is 0.288. The van der Waals surface area contributed by atoms with Crippen molar-refractivity contribution in [3.05, 3.63) is 47.8 Å². The number of methoxy groups -OCH3 is 1. The first kappa shape index (κ1) is 18.8. The van der Waals surface area contributed by atoms with Crippen LogP contribution in [0.2, 0.25) is 0 Å². The van der Waals surface area contributed by atoms with Gasteiger partial charge in [0.25, 0.3) is 0 Å². The Hall–Kier alpha value is -2.55. The molecule has 0 bridgehead atoms. The van der Waals surface area contributed by atoms with Crippen molar-refractivity contribution in [1.29, 1.82) is 0 Å². The Morgan fingerprint density at radius 1 is 1.14 bits per heavy atom. The molecule has 1 amide bonds. The minimum Gasteiger partial charge on any atom is -0.497 e. The van der Waals surface area contributed by atoms with Crippen molar-refractivity contribution in [2.75, 3.05) is 33.3 Å². The van der Waals surface area contributed by atoms with Gasteiger partial charge in [0.15, 0.2) is 0 Å². The van der Waals surface area contributed by atoms with Crippen LogP contribution in [0.1, 0.15) is 11.1 Å². The topological polar surface area (TPSA) is 50.6 Å². The SMILES string of the molecule is COc1ccc(CN2CC3CN(C(=O)n4cc(C(F)(F)F)cn4)CC3C2)cc1. The van der Waals surface area contributed by atoms with Crippen LogP contribution in [-0.4, -0.2) is 58.9 Å². The fourth-order valence-electron chi connectivity index (χ4n) is 4.08. The second-order valence-corrected chi connectivity index (χ2v) is 7.42. The van der Waals surface area contributed by atoms with E-state index in [9.17, 15) is 18.0 Å². The molecular formula is C19H21F3N4O2. The third-order valence-electron chi connectivity index (χ3n) is 5.50. The van der Waals surface area contributed by atoms with Crippen molar-refractivity contribution in [3.8, 4) is 5.75 Å². The molecule has 2 aromatic rings. The molecule has 9 heteroatoms. The molecule has 2 aliphatic rings. The molecule has 6 nitrogen and oxygen atoms in total.